The van der Waals surface area contributed by atoms with Crippen molar-refractivity contribution in [3.63, 3.8) is 0 Å². The van der Waals surface area contributed by atoms with Crippen molar-refractivity contribution in [2.24, 2.45) is 5.73 Å². The molecular formula is C24H20ClF2N5O5. The average molecular weight is 532 g/mol. The van der Waals surface area contributed by atoms with Gasteiger partial charge in [0.2, 0.25) is 5.91 Å². The van der Waals surface area contributed by atoms with Gasteiger partial charge in [-0.25, -0.2) is 27.5 Å². The number of nitrogens with two attached hydrogens (primary N) is 1. The Balaban J connectivity index is 1.63. The maximum Gasteiger partial charge on any atom is 0.344 e. The predicted molar refractivity (Wildman–Crippen MR) is 131 cm³/mol. The molecule has 0 radical (unpaired) electrons. The Bertz CT molecular complexity index is 1660. The van der Waals surface area contributed by atoms with Crippen molar-refractivity contribution >= 4 is 34.6 Å². The van der Waals surface area contributed by atoms with Crippen molar-refractivity contribution in [1.82, 2.24) is 19.0 Å². The number of ether oxygens (including phenoxy) is 1. The smallest absolute Gasteiger partial charge is 0.344 e. The van der Waals surface area contributed by atoms with E-state index in [-0.39, 0.29) is 47.1 Å². The van der Waals surface area contributed by atoms with Crippen molar-refractivity contribution in [3.8, 4) is 5.75 Å². The van der Waals surface area contributed by atoms with E-state index in [4.69, 9.17) is 22.1 Å². The molecule has 0 saturated carbocycles. The van der Waals surface area contributed by atoms with Crippen LogP contribution in [0.3, 0.4) is 0 Å². The second-order valence-electron chi connectivity index (χ2n) is 7.99. The van der Waals surface area contributed by atoms with E-state index in [2.05, 4.69) is 5.32 Å². The van der Waals surface area contributed by atoms with Crippen LogP contribution in [0, 0.1) is 11.6 Å². The van der Waals surface area contributed by atoms with Crippen molar-refractivity contribution in [2.75, 3.05) is 13.6 Å². The number of pyridine rings is 1. The third kappa shape index (κ3) is 5.01. The number of carbonyl (C=O) groups is 2. The third-order valence-electron chi connectivity index (χ3n) is 5.52. The molecule has 0 aliphatic heterocycles. The molecule has 2 aromatic heterocycles. The molecule has 4 rings (SSSR count). The Morgan fingerprint density at radius 1 is 1.05 bits per heavy atom. The summed E-state index contributed by atoms with van der Waals surface area (Å²) in [4.78, 5) is 49.9. The molecule has 0 bridgehead atoms. The van der Waals surface area contributed by atoms with E-state index < -0.39 is 34.8 Å². The van der Waals surface area contributed by atoms with Crippen LogP contribution in [0.15, 0.2) is 58.3 Å². The second-order valence-corrected chi connectivity index (χ2v) is 8.37. The lowest BCUT2D eigenvalue weighted by molar-refractivity contribution is 0.0915. The highest BCUT2D eigenvalue weighted by atomic mass is 35.5. The Kier molecular flexibility index (Phi) is 7.23. The van der Waals surface area contributed by atoms with Crippen LogP contribution in [-0.2, 0) is 13.2 Å². The number of primary amides is 1. The molecule has 2 heterocycles. The zero-order valence-corrected chi connectivity index (χ0v) is 20.1. The molecule has 4 aromatic rings. The first-order valence-electron chi connectivity index (χ1n) is 10.8. The van der Waals surface area contributed by atoms with Gasteiger partial charge in [-0.1, -0.05) is 17.7 Å². The second kappa shape index (κ2) is 10.4. The quantitative estimate of drug-likeness (QED) is 0.376. The largest absolute Gasteiger partial charge is 0.487 e. The molecule has 0 unspecified atom stereocenters. The first-order valence-corrected chi connectivity index (χ1v) is 11.2. The van der Waals surface area contributed by atoms with Crippen molar-refractivity contribution < 1.29 is 23.1 Å². The first-order chi connectivity index (χ1) is 17.6. The van der Waals surface area contributed by atoms with E-state index in [0.717, 1.165) is 16.7 Å². The lowest BCUT2D eigenvalue weighted by atomic mass is 10.2. The van der Waals surface area contributed by atoms with Gasteiger partial charge in [0, 0.05) is 17.8 Å². The minimum Gasteiger partial charge on any atom is -0.487 e. The van der Waals surface area contributed by atoms with Gasteiger partial charge in [0.1, 0.15) is 29.0 Å². The summed E-state index contributed by atoms with van der Waals surface area (Å²) >= 11 is 6.18. The Labute approximate surface area is 212 Å². The summed E-state index contributed by atoms with van der Waals surface area (Å²) in [7, 11) is 1.54. The topological polar surface area (TPSA) is 130 Å². The minimum absolute atomic E-state index is 0.00443. The molecule has 0 saturated heterocycles. The van der Waals surface area contributed by atoms with Crippen LogP contribution in [0.2, 0.25) is 5.02 Å². The molecule has 37 heavy (non-hydrogen) atoms. The summed E-state index contributed by atoms with van der Waals surface area (Å²) < 4.78 is 35.2. The van der Waals surface area contributed by atoms with Crippen LogP contribution >= 0.6 is 11.6 Å². The van der Waals surface area contributed by atoms with Gasteiger partial charge in [0.15, 0.2) is 0 Å². The molecule has 0 fully saturated rings. The van der Waals surface area contributed by atoms with Crippen LogP contribution in [-0.4, -0.2) is 39.2 Å². The van der Waals surface area contributed by atoms with Crippen LogP contribution in [0.1, 0.15) is 15.9 Å². The normalized spacial score (nSPS) is 11.1. The fourth-order valence-corrected chi connectivity index (χ4v) is 4.01. The molecule has 1 amide bonds. The number of aromatic nitrogens is 3. The van der Waals surface area contributed by atoms with E-state index >= 15 is 0 Å². The molecule has 0 aliphatic carbocycles. The summed E-state index contributed by atoms with van der Waals surface area (Å²) in [5.41, 5.74) is 4.71. The fourth-order valence-electron chi connectivity index (χ4n) is 3.78. The number of fused-ring (bicyclic) bond motifs is 1. The van der Waals surface area contributed by atoms with Crippen molar-refractivity contribution in [2.45, 2.75) is 13.2 Å². The molecule has 0 spiro atoms. The lowest BCUT2D eigenvalue weighted by Crippen LogP contribution is -2.37. The third-order valence-corrected chi connectivity index (χ3v) is 5.87. The summed E-state index contributed by atoms with van der Waals surface area (Å²) in [6.45, 7) is -0.431. The summed E-state index contributed by atoms with van der Waals surface area (Å²) in [6, 6.07) is 7.89. The Hall–Kier alpha value is -4.29. The number of nitrogens with one attached hydrogen (secondary N) is 1. The Morgan fingerprint density at radius 2 is 1.81 bits per heavy atom. The summed E-state index contributed by atoms with van der Waals surface area (Å²) in [5.74, 6) is -2.10. The standard InChI is InChI=1S/C24H20ClF2N5O5/c1-29-10-20(33)31-17-5-2-13(8-18(17)32(23(28)35)24(31)36)11-30-7-6-19(21(25)22(30)34)37-12-14-3-4-15(26)9-16(14)27/h2-9,29H,10-12H2,1H3,(H2,28,35). The van der Waals surface area contributed by atoms with Crippen LogP contribution in [0.5, 0.6) is 5.75 Å². The van der Waals surface area contributed by atoms with Crippen LogP contribution in [0.4, 0.5) is 13.6 Å². The van der Waals surface area contributed by atoms with E-state index in [1.54, 1.807) is 6.07 Å². The number of likely N-dealkylation sites (N-methyl/N-ethyl adjacent to an activating group) is 1. The molecular weight excluding hydrogens is 512 g/mol. The molecule has 192 valence electrons. The maximum atomic E-state index is 13.8. The van der Waals surface area contributed by atoms with Gasteiger partial charge < -0.3 is 20.4 Å². The maximum absolute atomic E-state index is 13.8. The zero-order chi connectivity index (χ0) is 26.9. The monoisotopic (exact) mass is 531 g/mol. The number of amides is 1. The summed E-state index contributed by atoms with van der Waals surface area (Å²) in [6.07, 6.45) is 1.40. The zero-order valence-electron chi connectivity index (χ0n) is 19.3. The first kappa shape index (κ1) is 25.8. The van der Waals surface area contributed by atoms with Gasteiger partial charge in [0.25, 0.3) is 5.56 Å². The molecule has 2 aromatic carbocycles. The number of nitrogens with zero attached hydrogens (tertiary/aromatic N) is 3. The van der Waals surface area contributed by atoms with Crippen molar-refractivity contribution in [1.29, 1.82) is 0 Å². The summed E-state index contributed by atoms with van der Waals surface area (Å²) in [5, 5.41) is 2.39. The van der Waals surface area contributed by atoms with Gasteiger partial charge in [-0.2, -0.15) is 0 Å². The highest BCUT2D eigenvalue weighted by Gasteiger charge is 2.21. The fraction of sp³-hybridized carbons (Fsp3) is 0.167. The van der Waals surface area contributed by atoms with Crippen LogP contribution < -0.4 is 27.0 Å². The number of hydrogen-bond acceptors (Lipinski definition) is 6. The van der Waals surface area contributed by atoms with Gasteiger partial charge in [-0.05, 0) is 42.9 Å². The van der Waals surface area contributed by atoms with E-state index in [1.165, 1.54) is 42.1 Å². The number of benzene rings is 2. The predicted octanol–water partition coefficient (Wildman–Crippen LogP) is 2.31. The number of hydrogen-bond donors (Lipinski definition) is 2. The molecule has 3 N–H and O–H groups in total. The average Bonchev–Trinajstić information content (AvgIpc) is 3.14. The van der Waals surface area contributed by atoms with E-state index in [9.17, 15) is 28.0 Å². The number of rotatable bonds is 7. The highest BCUT2D eigenvalue weighted by Crippen LogP contribution is 2.23. The van der Waals surface area contributed by atoms with E-state index in [1.807, 2.05) is 0 Å². The number of halogens is 3. The van der Waals surface area contributed by atoms with E-state index in [0.29, 0.717) is 10.1 Å². The Morgan fingerprint density at radius 3 is 2.49 bits per heavy atom. The number of imidazole rings is 1. The minimum atomic E-state index is -1.07. The SMILES string of the molecule is CNCC(=O)n1c(=O)n(C(N)=O)c2cc(Cn3ccc(OCc4ccc(F)cc4F)c(Cl)c3=O)ccc21. The highest BCUT2D eigenvalue weighted by molar-refractivity contribution is 6.31. The lowest BCUT2D eigenvalue weighted by Gasteiger charge is -2.12. The van der Waals surface area contributed by atoms with Crippen molar-refractivity contribution in [3.05, 3.63) is 97.3 Å². The molecule has 10 nitrogen and oxygen atoms in total. The molecule has 13 heteroatoms. The molecule has 0 aliphatic rings. The van der Waals surface area contributed by atoms with Gasteiger partial charge >= 0.3 is 11.7 Å². The van der Waals surface area contributed by atoms with Gasteiger partial charge in [-0.15, -0.1) is 0 Å². The van der Waals surface area contributed by atoms with Crippen LogP contribution in [0.25, 0.3) is 11.0 Å². The van der Waals surface area contributed by atoms with Gasteiger partial charge in [0.05, 0.1) is 24.1 Å². The number of carbonyl (C=O) groups excluding carboxylic acids is 2. The van der Waals surface area contributed by atoms with Gasteiger partial charge in [-0.3, -0.25) is 9.59 Å². The molecule has 0 atom stereocenters.